The van der Waals surface area contributed by atoms with Gasteiger partial charge in [-0.25, -0.2) is 9.37 Å². The summed E-state index contributed by atoms with van der Waals surface area (Å²) >= 11 is 0. The zero-order valence-corrected chi connectivity index (χ0v) is 17.3. The number of aromatic nitrogens is 2. The largest absolute Gasteiger partial charge is 0.507 e. The molecule has 0 spiro atoms. The summed E-state index contributed by atoms with van der Waals surface area (Å²) in [6.07, 6.45) is 5.49. The van der Waals surface area contributed by atoms with E-state index in [0.717, 1.165) is 12.1 Å². The number of rotatable bonds is 7. The van der Waals surface area contributed by atoms with Gasteiger partial charge in [-0.15, -0.1) is 0 Å². The lowest BCUT2D eigenvalue weighted by Gasteiger charge is -2.25. The molecule has 0 unspecified atom stereocenters. The molecular weight excluding hydrogens is 431 g/mol. The number of amides is 1. The number of benzene rings is 2. The standard InChI is InChI=1S/C23H19FN4O5/c24-17-7-5-15(6-8-17)21(29)19-20(16-3-1-4-18(13-16)28(32)33)27(23(31)22(19)30)11-2-10-26-12-9-25-14-26/h1,3-9,12-14,20,29H,2,10-11H2/b21-19+/t20-/m1/s1. The molecule has 168 valence electrons. The lowest BCUT2D eigenvalue weighted by molar-refractivity contribution is -0.384. The number of hydrogen-bond acceptors (Lipinski definition) is 6. The Hall–Kier alpha value is -4.34. The Morgan fingerprint density at radius 2 is 1.91 bits per heavy atom. The van der Waals surface area contributed by atoms with E-state index in [0.29, 0.717) is 18.5 Å². The molecule has 2 heterocycles. The van der Waals surface area contributed by atoms with Crippen LogP contribution in [-0.4, -0.2) is 42.7 Å². The molecule has 1 aliphatic heterocycles. The van der Waals surface area contributed by atoms with Crippen LogP contribution >= 0.6 is 0 Å². The molecule has 9 nitrogen and oxygen atoms in total. The number of halogens is 1. The van der Waals surface area contributed by atoms with Crippen molar-refractivity contribution in [2.75, 3.05) is 6.54 Å². The van der Waals surface area contributed by atoms with Crippen LogP contribution in [0.4, 0.5) is 10.1 Å². The number of nitrogens with zero attached hydrogens (tertiary/aromatic N) is 4. The van der Waals surface area contributed by atoms with Crippen molar-refractivity contribution in [3.63, 3.8) is 0 Å². The van der Waals surface area contributed by atoms with Gasteiger partial charge in [0.2, 0.25) is 0 Å². The highest BCUT2D eigenvalue weighted by Crippen LogP contribution is 2.40. The molecule has 0 bridgehead atoms. The van der Waals surface area contributed by atoms with Gasteiger partial charge in [-0.05, 0) is 36.2 Å². The number of aliphatic hydroxyl groups excluding tert-OH is 1. The molecule has 1 atom stereocenters. The maximum atomic E-state index is 13.3. The monoisotopic (exact) mass is 450 g/mol. The minimum atomic E-state index is -1.03. The van der Waals surface area contributed by atoms with Gasteiger partial charge >= 0.3 is 0 Å². The average Bonchev–Trinajstić information content (AvgIpc) is 3.41. The van der Waals surface area contributed by atoms with Crippen LogP contribution in [0.1, 0.15) is 23.6 Å². The first-order valence-corrected chi connectivity index (χ1v) is 10.1. The highest BCUT2D eigenvalue weighted by atomic mass is 19.1. The SMILES string of the molecule is O=C1C(=O)N(CCCn2ccnc2)[C@H](c2cccc([N+](=O)[O-])c2)/C1=C(\O)c1ccc(F)cc1. The second-order valence-electron chi connectivity index (χ2n) is 7.51. The molecule has 1 N–H and O–H groups in total. The van der Waals surface area contributed by atoms with E-state index in [2.05, 4.69) is 4.98 Å². The summed E-state index contributed by atoms with van der Waals surface area (Å²) in [4.78, 5) is 41.9. The van der Waals surface area contributed by atoms with Gasteiger partial charge in [0.25, 0.3) is 17.4 Å². The number of non-ortho nitro benzene ring substituents is 1. The minimum Gasteiger partial charge on any atom is -0.507 e. The van der Waals surface area contributed by atoms with Crippen molar-refractivity contribution in [1.29, 1.82) is 0 Å². The van der Waals surface area contributed by atoms with Gasteiger partial charge in [-0.2, -0.15) is 0 Å². The molecule has 1 aliphatic rings. The summed E-state index contributed by atoms with van der Waals surface area (Å²) < 4.78 is 15.2. The molecule has 1 aromatic heterocycles. The zero-order valence-electron chi connectivity index (χ0n) is 17.3. The number of nitro groups is 1. The van der Waals surface area contributed by atoms with E-state index < -0.39 is 34.2 Å². The Bertz CT molecular complexity index is 1240. The number of aliphatic hydroxyl groups is 1. The molecule has 0 radical (unpaired) electrons. The molecule has 33 heavy (non-hydrogen) atoms. The summed E-state index contributed by atoms with van der Waals surface area (Å²) in [5.41, 5.74) is 0.0611. The van der Waals surface area contributed by atoms with E-state index >= 15 is 0 Å². The van der Waals surface area contributed by atoms with E-state index in [1.54, 1.807) is 24.8 Å². The van der Waals surface area contributed by atoms with E-state index in [1.165, 1.54) is 35.2 Å². The summed E-state index contributed by atoms with van der Waals surface area (Å²) in [5, 5.41) is 22.2. The summed E-state index contributed by atoms with van der Waals surface area (Å²) in [6.45, 7) is 0.693. The first kappa shape index (κ1) is 21.9. The van der Waals surface area contributed by atoms with Gasteiger partial charge in [0.1, 0.15) is 11.6 Å². The number of hydrogen-bond donors (Lipinski definition) is 1. The van der Waals surface area contributed by atoms with Gasteiger partial charge < -0.3 is 14.6 Å². The predicted octanol–water partition coefficient (Wildman–Crippen LogP) is 3.44. The Kier molecular flexibility index (Phi) is 5.99. The quantitative estimate of drug-likeness (QED) is 0.194. The van der Waals surface area contributed by atoms with Gasteiger partial charge in [-0.3, -0.25) is 19.7 Å². The zero-order chi connectivity index (χ0) is 23.5. The normalized spacial score (nSPS) is 17.5. The van der Waals surface area contributed by atoms with E-state index in [9.17, 15) is 29.2 Å². The number of aryl methyl sites for hydroxylation is 1. The van der Waals surface area contributed by atoms with Crippen LogP contribution in [0.2, 0.25) is 0 Å². The molecule has 3 aromatic rings. The van der Waals surface area contributed by atoms with E-state index in [1.807, 2.05) is 4.57 Å². The smallest absolute Gasteiger partial charge is 0.295 e. The lowest BCUT2D eigenvalue weighted by Crippen LogP contribution is -2.31. The van der Waals surface area contributed by atoms with Crippen molar-refractivity contribution >= 4 is 23.1 Å². The van der Waals surface area contributed by atoms with Crippen LogP contribution < -0.4 is 0 Å². The maximum Gasteiger partial charge on any atom is 0.295 e. The summed E-state index contributed by atoms with van der Waals surface area (Å²) in [6, 6.07) is 9.39. The molecule has 10 heteroatoms. The number of Topliss-reactive ketones (excluding diaryl/α,β-unsaturated/α-hetero) is 1. The van der Waals surface area contributed by atoms with Crippen molar-refractivity contribution in [2.45, 2.75) is 19.0 Å². The summed E-state index contributed by atoms with van der Waals surface area (Å²) in [5.74, 6) is -2.72. The molecule has 2 aromatic carbocycles. The maximum absolute atomic E-state index is 13.3. The first-order chi connectivity index (χ1) is 15.9. The van der Waals surface area contributed by atoms with Gasteiger partial charge in [0.15, 0.2) is 0 Å². The van der Waals surface area contributed by atoms with Crippen LogP contribution in [0, 0.1) is 15.9 Å². The average molecular weight is 450 g/mol. The fourth-order valence-corrected chi connectivity index (χ4v) is 3.87. The third-order valence-electron chi connectivity index (χ3n) is 5.43. The molecule has 0 aliphatic carbocycles. The number of likely N-dealkylation sites (tertiary alicyclic amines) is 1. The fraction of sp³-hybridized carbons (Fsp3) is 0.174. The van der Waals surface area contributed by atoms with E-state index in [-0.39, 0.29) is 23.4 Å². The molecule has 1 fully saturated rings. The third-order valence-corrected chi connectivity index (χ3v) is 5.43. The van der Waals surface area contributed by atoms with Crippen LogP contribution in [-0.2, 0) is 16.1 Å². The Morgan fingerprint density at radius 3 is 2.58 bits per heavy atom. The van der Waals surface area contributed by atoms with Crippen molar-refractivity contribution in [3.8, 4) is 0 Å². The fourth-order valence-electron chi connectivity index (χ4n) is 3.87. The van der Waals surface area contributed by atoms with Crippen LogP contribution in [0.3, 0.4) is 0 Å². The van der Waals surface area contributed by atoms with Gasteiger partial charge in [0.05, 0.1) is 22.9 Å². The number of ketones is 1. The second kappa shape index (κ2) is 9.03. The molecule has 1 saturated heterocycles. The number of nitro benzene ring substituents is 1. The highest BCUT2D eigenvalue weighted by molar-refractivity contribution is 6.46. The van der Waals surface area contributed by atoms with Crippen molar-refractivity contribution in [3.05, 3.63) is 99.9 Å². The van der Waals surface area contributed by atoms with Crippen LogP contribution in [0.5, 0.6) is 0 Å². The van der Waals surface area contributed by atoms with Crippen LogP contribution in [0.25, 0.3) is 5.76 Å². The lowest BCUT2D eigenvalue weighted by atomic mass is 9.95. The van der Waals surface area contributed by atoms with Gasteiger partial charge in [0, 0.05) is 43.2 Å². The first-order valence-electron chi connectivity index (χ1n) is 10.1. The minimum absolute atomic E-state index is 0.156. The van der Waals surface area contributed by atoms with Gasteiger partial charge in [-0.1, -0.05) is 12.1 Å². The molecule has 0 saturated carbocycles. The molecule has 4 rings (SSSR count). The Balaban J connectivity index is 1.76. The van der Waals surface area contributed by atoms with Crippen LogP contribution in [0.15, 0.2) is 72.8 Å². The van der Waals surface area contributed by atoms with Crippen molar-refractivity contribution < 1.29 is 24.0 Å². The Labute approximate surface area is 187 Å². The molecular formula is C23H19FN4O5. The van der Waals surface area contributed by atoms with Crippen molar-refractivity contribution in [2.24, 2.45) is 0 Å². The topological polar surface area (TPSA) is 119 Å². The number of carbonyl (C=O) groups excluding carboxylic acids is 2. The predicted molar refractivity (Wildman–Crippen MR) is 115 cm³/mol. The highest BCUT2D eigenvalue weighted by Gasteiger charge is 2.46. The van der Waals surface area contributed by atoms with Crippen molar-refractivity contribution in [1.82, 2.24) is 14.5 Å². The number of carbonyl (C=O) groups is 2. The van der Waals surface area contributed by atoms with E-state index in [4.69, 9.17) is 0 Å². The number of imidazole rings is 1. The second-order valence-corrected chi connectivity index (χ2v) is 7.51. The molecule has 1 amide bonds. The Morgan fingerprint density at radius 1 is 1.15 bits per heavy atom. The summed E-state index contributed by atoms with van der Waals surface area (Å²) in [7, 11) is 0. The third kappa shape index (κ3) is 4.36.